The maximum absolute atomic E-state index is 13.4. The molecule has 0 saturated heterocycles. The van der Waals surface area contributed by atoms with E-state index in [1.54, 1.807) is 23.1 Å². The second kappa shape index (κ2) is 6.74. The van der Waals surface area contributed by atoms with Crippen LogP contribution in [-0.2, 0) is 6.54 Å². The van der Waals surface area contributed by atoms with Gasteiger partial charge in [0.05, 0.1) is 17.0 Å². The zero-order chi connectivity index (χ0) is 20.0. The molecule has 4 nitrogen and oxygen atoms in total. The third-order valence-corrected chi connectivity index (χ3v) is 5.46. The summed E-state index contributed by atoms with van der Waals surface area (Å²) in [5, 5.41) is 0.497. The Hall–Kier alpha value is -3.66. The molecule has 1 aliphatic heterocycles. The normalized spacial score (nSPS) is 15.7. The van der Waals surface area contributed by atoms with Crippen molar-refractivity contribution in [1.29, 1.82) is 0 Å². The van der Waals surface area contributed by atoms with E-state index < -0.39 is 6.04 Å². The quantitative estimate of drug-likeness (QED) is 0.510. The van der Waals surface area contributed by atoms with Gasteiger partial charge in [-0.05, 0) is 30.2 Å². The van der Waals surface area contributed by atoms with Crippen LogP contribution in [0.15, 0.2) is 88.1 Å². The Morgan fingerprint density at radius 3 is 2.31 bits per heavy atom. The molecule has 4 heteroatoms. The summed E-state index contributed by atoms with van der Waals surface area (Å²) in [6.45, 7) is 2.43. The van der Waals surface area contributed by atoms with Crippen LogP contribution in [-0.4, -0.2) is 10.8 Å². The largest absolute Gasteiger partial charge is 0.450 e. The molecule has 1 aliphatic rings. The number of rotatable bonds is 3. The van der Waals surface area contributed by atoms with Crippen LogP contribution >= 0.6 is 0 Å². The first-order chi connectivity index (χ1) is 14.1. The number of nitrogens with zero attached hydrogens (tertiary/aromatic N) is 1. The number of para-hydroxylation sites is 1. The molecule has 1 atom stereocenters. The zero-order valence-electron chi connectivity index (χ0n) is 16.0. The van der Waals surface area contributed by atoms with E-state index >= 15 is 0 Å². The molecule has 2 heterocycles. The number of benzene rings is 3. The average molecular weight is 381 g/mol. The van der Waals surface area contributed by atoms with Crippen molar-refractivity contribution in [3.05, 3.63) is 117 Å². The van der Waals surface area contributed by atoms with Gasteiger partial charge >= 0.3 is 0 Å². The van der Waals surface area contributed by atoms with Gasteiger partial charge in [-0.25, -0.2) is 0 Å². The SMILES string of the molecule is Cc1ccc(CN2C(=O)c3oc4ccccc4c(=O)c3[C@H]2c2ccccc2)cc1. The molecule has 1 amide bonds. The fourth-order valence-electron chi connectivity index (χ4n) is 4.00. The molecule has 0 radical (unpaired) electrons. The molecule has 29 heavy (non-hydrogen) atoms. The van der Waals surface area contributed by atoms with E-state index in [4.69, 9.17) is 4.42 Å². The van der Waals surface area contributed by atoms with Gasteiger partial charge in [-0.1, -0.05) is 72.3 Å². The summed E-state index contributed by atoms with van der Waals surface area (Å²) in [7, 11) is 0. The minimum absolute atomic E-state index is 0.143. The molecule has 0 unspecified atom stereocenters. The van der Waals surface area contributed by atoms with E-state index in [0.29, 0.717) is 23.1 Å². The lowest BCUT2D eigenvalue weighted by Crippen LogP contribution is -2.29. The third-order valence-electron chi connectivity index (χ3n) is 5.46. The number of carbonyl (C=O) groups excluding carboxylic acids is 1. The first-order valence-electron chi connectivity index (χ1n) is 9.60. The van der Waals surface area contributed by atoms with Crippen LogP contribution in [0.2, 0.25) is 0 Å². The van der Waals surface area contributed by atoms with Gasteiger partial charge in [-0.2, -0.15) is 0 Å². The number of hydrogen-bond acceptors (Lipinski definition) is 3. The molecule has 4 aromatic rings. The minimum Gasteiger partial charge on any atom is -0.450 e. The molecule has 0 bridgehead atoms. The Balaban J connectivity index is 1.71. The predicted molar refractivity (Wildman–Crippen MR) is 112 cm³/mol. The van der Waals surface area contributed by atoms with E-state index in [0.717, 1.165) is 16.7 Å². The van der Waals surface area contributed by atoms with Gasteiger partial charge in [0.1, 0.15) is 5.58 Å². The van der Waals surface area contributed by atoms with Gasteiger partial charge in [0, 0.05) is 6.54 Å². The van der Waals surface area contributed by atoms with Gasteiger partial charge < -0.3 is 9.32 Å². The summed E-state index contributed by atoms with van der Waals surface area (Å²) in [5.74, 6) is -0.105. The fraction of sp³-hybridized carbons (Fsp3) is 0.120. The monoisotopic (exact) mass is 381 g/mol. The van der Waals surface area contributed by atoms with Crippen molar-refractivity contribution in [2.75, 3.05) is 0 Å². The third kappa shape index (κ3) is 2.85. The highest BCUT2D eigenvalue weighted by molar-refractivity contribution is 5.99. The molecule has 142 valence electrons. The maximum atomic E-state index is 13.4. The van der Waals surface area contributed by atoms with E-state index in [2.05, 4.69) is 0 Å². The summed E-state index contributed by atoms with van der Waals surface area (Å²) in [6.07, 6.45) is 0. The predicted octanol–water partition coefficient (Wildman–Crippen LogP) is 4.85. The Labute approximate surface area is 168 Å². The Morgan fingerprint density at radius 2 is 1.55 bits per heavy atom. The van der Waals surface area contributed by atoms with Gasteiger partial charge in [0.15, 0.2) is 5.43 Å². The first-order valence-corrected chi connectivity index (χ1v) is 9.60. The second-order valence-corrected chi connectivity index (χ2v) is 7.40. The standard InChI is InChI=1S/C25H19NO3/c1-16-11-13-17(14-12-16)15-26-22(18-7-3-2-4-8-18)21-23(27)19-9-5-6-10-20(19)29-24(21)25(26)28/h2-14,22H,15H2,1H3/t22-/m1/s1. The van der Waals surface area contributed by atoms with Crippen LogP contribution in [0.1, 0.15) is 38.9 Å². The lowest BCUT2D eigenvalue weighted by molar-refractivity contribution is 0.0714. The van der Waals surface area contributed by atoms with Crippen molar-refractivity contribution < 1.29 is 9.21 Å². The highest BCUT2D eigenvalue weighted by atomic mass is 16.3. The minimum atomic E-state index is -0.471. The highest BCUT2D eigenvalue weighted by Gasteiger charge is 2.42. The van der Waals surface area contributed by atoms with Crippen LogP contribution < -0.4 is 5.43 Å². The molecular formula is C25H19NO3. The smallest absolute Gasteiger partial charge is 0.291 e. The number of amides is 1. The fourth-order valence-corrected chi connectivity index (χ4v) is 4.00. The van der Waals surface area contributed by atoms with E-state index in [9.17, 15) is 9.59 Å². The van der Waals surface area contributed by atoms with Crippen LogP contribution in [0.25, 0.3) is 11.0 Å². The summed E-state index contributed by atoms with van der Waals surface area (Å²) in [6, 6.07) is 24.4. The van der Waals surface area contributed by atoms with Crippen LogP contribution in [0.3, 0.4) is 0 Å². The number of hydrogen-bond donors (Lipinski definition) is 0. The van der Waals surface area contributed by atoms with Crippen molar-refractivity contribution in [3.8, 4) is 0 Å². The van der Waals surface area contributed by atoms with Crippen molar-refractivity contribution >= 4 is 16.9 Å². The van der Waals surface area contributed by atoms with Crippen molar-refractivity contribution in [2.45, 2.75) is 19.5 Å². The molecule has 0 fully saturated rings. The van der Waals surface area contributed by atoms with E-state index in [1.165, 1.54) is 0 Å². The lowest BCUT2D eigenvalue weighted by atomic mass is 9.98. The molecule has 1 aromatic heterocycles. The maximum Gasteiger partial charge on any atom is 0.291 e. The van der Waals surface area contributed by atoms with Crippen molar-refractivity contribution in [1.82, 2.24) is 4.90 Å². The Kier molecular flexibility index (Phi) is 4.06. The molecule has 5 rings (SSSR count). The summed E-state index contributed by atoms with van der Waals surface area (Å²) in [4.78, 5) is 28.4. The molecular weight excluding hydrogens is 362 g/mol. The van der Waals surface area contributed by atoms with E-state index in [1.807, 2.05) is 67.6 Å². The van der Waals surface area contributed by atoms with Crippen LogP contribution in [0.4, 0.5) is 0 Å². The Morgan fingerprint density at radius 1 is 0.862 bits per heavy atom. The molecule has 3 aromatic carbocycles. The number of carbonyl (C=O) groups is 1. The second-order valence-electron chi connectivity index (χ2n) is 7.40. The first kappa shape index (κ1) is 17.4. The highest BCUT2D eigenvalue weighted by Crippen LogP contribution is 2.38. The molecule has 0 spiro atoms. The lowest BCUT2D eigenvalue weighted by Gasteiger charge is -2.25. The average Bonchev–Trinajstić information content (AvgIpc) is 3.03. The zero-order valence-corrected chi connectivity index (χ0v) is 16.0. The van der Waals surface area contributed by atoms with Crippen molar-refractivity contribution in [2.24, 2.45) is 0 Å². The number of aryl methyl sites for hydroxylation is 1. The van der Waals surface area contributed by atoms with Gasteiger partial charge in [-0.3, -0.25) is 9.59 Å². The Bertz CT molecular complexity index is 1270. The van der Waals surface area contributed by atoms with Gasteiger partial charge in [0.25, 0.3) is 5.91 Å². The van der Waals surface area contributed by atoms with Gasteiger partial charge in [-0.15, -0.1) is 0 Å². The summed E-state index contributed by atoms with van der Waals surface area (Å²) < 4.78 is 5.94. The molecule has 0 N–H and O–H groups in total. The summed E-state index contributed by atoms with van der Waals surface area (Å²) >= 11 is 0. The molecule has 0 saturated carbocycles. The van der Waals surface area contributed by atoms with Gasteiger partial charge in [0.2, 0.25) is 5.76 Å². The van der Waals surface area contributed by atoms with Crippen molar-refractivity contribution in [3.63, 3.8) is 0 Å². The van der Waals surface area contributed by atoms with E-state index in [-0.39, 0.29) is 17.1 Å². The van der Waals surface area contributed by atoms with Crippen LogP contribution in [0.5, 0.6) is 0 Å². The van der Waals surface area contributed by atoms with Crippen LogP contribution in [0, 0.1) is 6.92 Å². The summed E-state index contributed by atoms with van der Waals surface area (Å²) in [5.41, 5.74) is 3.78. The number of fused-ring (bicyclic) bond motifs is 2. The molecule has 0 aliphatic carbocycles. The topological polar surface area (TPSA) is 50.5 Å².